The topological polar surface area (TPSA) is 67.3 Å². The first kappa shape index (κ1) is 21.0. The average molecular weight is 411 g/mol. The van der Waals surface area contributed by atoms with E-state index in [0.717, 1.165) is 17.3 Å². The van der Waals surface area contributed by atoms with Gasteiger partial charge in [-0.1, -0.05) is 49.4 Å². The molecule has 0 spiro atoms. The molecule has 0 saturated heterocycles. The smallest absolute Gasteiger partial charge is 0.286 e. The Morgan fingerprint density at radius 3 is 2.38 bits per heavy atom. The first-order valence-corrected chi connectivity index (χ1v) is 10.3. The second-order valence-corrected chi connectivity index (χ2v) is 8.31. The molecule has 3 aromatic rings. The molecular formula is C22H26N4O2S. The summed E-state index contributed by atoms with van der Waals surface area (Å²) in [7, 11) is 3.64. The van der Waals surface area contributed by atoms with Gasteiger partial charge in [0, 0.05) is 12.2 Å². The molecule has 0 unspecified atom stereocenters. The molecule has 0 fully saturated rings. The van der Waals surface area contributed by atoms with E-state index in [0.29, 0.717) is 23.2 Å². The number of methoxy groups -OCH3 is 1. The molecule has 0 radical (unpaired) electrons. The summed E-state index contributed by atoms with van der Waals surface area (Å²) in [4.78, 5) is 14.6. The van der Waals surface area contributed by atoms with Crippen molar-refractivity contribution in [1.29, 1.82) is 0 Å². The van der Waals surface area contributed by atoms with Crippen LogP contribution in [-0.2, 0) is 13.1 Å². The van der Waals surface area contributed by atoms with Gasteiger partial charge in [-0.05, 0) is 48.4 Å². The van der Waals surface area contributed by atoms with E-state index in [1.807, 2.05) is 7.05 Å². The fraction of sp³-hybridized carbons (Fsp3) is 0.318. The van der Waals surface area contributed by atoms with Crippen molar-refractivity contribution in [3.05, 3.63) is 69.7 Å². The van der Waals surface area contributed by atoms with Crippen molar-refractivity contribution >= 4 is 22.9 Å². The first-order valence-electron chi connectivity index (χ1n) is 9.49. The summed E-state index contributed by atoms with van der Waals surface area (Å²) in [6.45, 7) is 5.84. The number of carbonyl (C=O) groups is 1. The number of aromatic nitrogens is 2. The Morgan fingerprint density at radius 2 is 1.76 bits per heavy atom. The summed E-state index contributed by atoms with van der Waals surface area (Å²) < 4.78 is 5.12. The summed E-state index contributed by atoms with van der Waals surface area (Å²) >= 11 is 1.31. The van der Waals surface area contributed by atoms with Crippen molar-refractivity contribution in [2.45, 2.75) is 32.9 Å². The maximum Gasteiger partial charge on any atom is 0.286 e. The van der Waals surface area contributed by atoms with Crippen molar-refractivity contribution in [3.8, 4) is 5.75 Å². The first-order chi connectivity index (χ1) is 13.9. The Hall–Kier alpha value is -2.77. The minimum Gasteiger partial charge on any atom is -0.497 e. The van der Waals surface area contributed by atoms with Gasteiger partial charge in [0.25, 0.3) is 5.91 Å². The highest BCUT2D eigenvalue weighted by Gasteiger charge is 2.14. The minimum atomic E-state index is -0.258. The molecule has 1 N–H and O–H groups in total. The van der Waals surface area contributed by atoms with Crippen LogP contribution in [0.15, 0.2) is 48.5 Å². The fourth-order valence-corrected chi connectivity index (χ4v) is 3.69. The molecule has 0 bridgehead atoms. The molecule has 152 valence electrons. The standard InChI is InChI=1S/C22H26N4O2S/c1-15(2)17-7-5-16(6-8-17)13-26(3)14-20-24-25-22(29-20)21(27)23-18-9-11-19(28-4)12-10-18/h5-12,15H,13-14H2,1-4H3,(H,23,27). The molecular weight excluding hydrogens is 384 g/mol. The summed E-state index contributed by atoms with van der Waals surface area (Å²) in [5.41, 5.74) is 3.28. The molecule has 29 heavy (non-hydrogen) atoms. The van der Waals surface area contributed by atoms with E-state index < -0.39 is 0 Å². The molecule has 1 amide bonds. The van der Waals surface area contributed by atoms with Gasteiger partial charge in [-0.3, -0.25) is 9.69 Å². The Kier molecular flexibility index (Phi) is 6.95. The van der Waals surface area contributed by atoms with E-state index >= 15 is 0 Å². The monoisotopic (exact) mass is 410 g/mol. The number of carbonyl (C=O) groups excluding carboxylic acids is 1. The minimum absolute atomic E-state index is 0.258. The van der Waals surface area contributed by atoms with Crippen LogP contribution in [0.1, 0.15) is 45.7 Å². The molecule has 0 aliphatic carbocycles. The van der Waals surface area contributed by atoms with E-state index in [1.54, 1.807) is 31.4 Å². The molecule has 0 atom stereocenters. The molecule has 2 aromatic carbocycles. The number of amides is 1. The van der Waals surface area contributed by atoms with E-state index in [4.69, 9.17) is 4.74 Å². The van der Waals surface area contributed by atoms with Crippen LogP contribution in [0, 0.1) is 0 Å². The largest absolute Gasteiger partial charge is 0.497 e. The van der Waals surface area contributed by atoms with E-state index in [9.17, 15) is 4.79 Å². The van der Waals surface area contributed by atoms with Crippen LogP contribution in [0.3, 0.4) is 0 Å². The number of hydrogen-bond donors (Lipinski definition) is 1. The third-order valence-corrected chi connectivity index (χ3v) is 5.42. The van der Waals surface area contributed by atoms with Crippen LogP contribution in [-0.4, -0.2) is 35.2 Å². The number of benzene rings is 2. The van der Waals surface area contributed by atoms with Crippen LogP contribution >= 0.6 is 11.3 Å². The number of rotatable bonds is 8. The molecule has 1 aromatic heterocycles. The lowest BCUT2D eigenvalue weighted by Gasteiger charge is -2.15. The highest BCUT2D eigenvalue weighted by molar-refractivity contribution is 7.13. The van der Waals surface area contributed by atoms with Gasteiger partial charge in [-0.15, -0.1) is 10.2 Å². The summed E-state index contributed by atoms with van der Waals surface area (Å²) in [6.07, 6.45) is 0. The summed E-state index contributed by atoms with van der Waals surface area (Å²) in [6, 6.07) is 15.9. The van der Waals surface area contributed by atoms with Crippen LogP contribution in [0.5, 0.6) is 5.75 Å². The van der Waals surface area contributed by atoms with Crippen molar-refractivity contribution in [3.63, 3.8) is 0 Å². The Morgan fingerprint density at radius 1 is 1.07 bits per heavy atom. The quantitative estimate of drug-likeness (QED) is 0.590. The molecule has 0 aliphatic rings. The van der Waals surface area contributed by atoms with Crippen molar-refractivity contribution in [2.75, 3.05) is 19.5 Å². The Balaban J connectivity index is 1.55. The molecule has 6 nitrogen and oxygen atoms in total. The number of nitrogens with one attached hydrogen (secondary N) is 1. The molecule has 1 heterocycles. The van der Waals surface area contributed by atoms with Crippen LogP contribution < -0.4 is 10.1 Å². The van der Waals surface area contributed by atoms with Crippen molar-refractivity contribution < 1.29 is 9.53 Å². The predicted molar refractivity (Wildman–Crippen MR) is 117 cm³/mol. The molecule has 3 rings (SSSR count). The van der Waals surface area contributed by atoms with Crippen LogP contribution in [0.2, 0.25) is 0 Å². The maximum atomic E-state index is 12.4. The van der Waals surface area contributed by atoms with Gasteiger partial charge in [-0.2, -0.15) is 0 Å². The third-order valence-electron chi connectivity index (χ3n) is 4.51. The normalized spacial score (nSPS) is 11.1. The summed E-state index contributed by atoms with van der Waals surface area (Å²) in [5, 5.41) is 12.2. The molecule has 0 aliphatic heterocycles. The Bertz CT molecular complexity index is 936. The number of nitrogens with zero attached hydrogens (tertiary/aromatic N) is 3. The van der Waals surface area contributed by atoms with Crippen molar-refractivity contribution in [1.82, 2.24) is 15.1 Å². The lowest BCUT2D eigenvalue weighted by molar-refractivity contribution is 0.102. The van der Waals surface area contributed by atoms with Crippen molar-refractivity contribution in [2.24, 2.45) is 0 Å². The van der Waals surface area contributed by atoms with E-state index in [1.165, 1.54) is 22.5 Å². The predicted octanol–water partition coefficient (Wildman–Crippen LogP) is 4.55. The SMILES string of the molecule is COc1ccc(NC(=O)c2nnc(CN(C)Cc3ccc(C(C)C)cc3)s2)cc1. The number of hydrogen-bond acceptors (Lipinski definition) is 6. The van der Waals surface area contributed by atoms with Gasteiger partial charge in [0.15, 0.2) is 0 Å². The maximum absolute atomic E-state index is 12.4. The molecule has 0 saturated carbocycles. The van der Waals surface area contributed by atoms with E-state index in [-0.39, 0.29) is 5.91 Å². The van der Waals surface area contributed by atoms with Gasteiger partial charge in [0.05, 0.1) is 13.7 Å². The second-order valence-electron chi connectivity index (χ2n) is 7.25. The van der Waals surface area contributed by atoms with Gasteiger partial charge in [0.2, 0.25) is 5.01 Å². The lowest BCUT2D eigenvalue weighted by atomic mass is 10.0. The fourth-order valence-electron chi connectivity index (χ4n) is 2.87. The summed E-state index contributed by atoms with van der Waals surface area (Å²) in [5.74, 6) is 1.01. The zero-order valence-electron chi connectivity index (χ0n) is 17.2. The Labute approximate surface area is 175 Å². The molecule has 7 heteroatoms. The van der Waals surface area contributed by atoms with Gasteiger partial charge >= 0.3 is 0 Å². The second kappa shape index (κ2) is 9.62. The zero-order valence-corrected chi connectivity index (χ0v) is 18.0. The lowest BCUT2D eigenvalue weighted by Crippen LogP contribution is -2.17. The van der Waals surface area contributed by atoms with Crippen LogP contribution in [0.25, 0.3) is 0 Å². The number of ether oxygens (including phenoxy) is 1. The zero-order chi connectivity index (χ0) is 20.8. The third kappa shape index (κ3) is 5.85. The average Bonchev–Trinajstić information content (AvgIpc) is 3.17. The highest BCUT2D eigenvalue weighted by atomic mass is 32.1. The number of anilines is 1. The van der Waals surface area contributed by atoms with Gasteiger partial charge in [0.1, 0.15) is 10.8 Å². The highest BCUT2D eigenvalue weighted by Crippen LogP contribution is 2.19. The van der Waals surface area contributed by atoms with Gasteiger partial charge < -0.3 is 10.1 Å². The van der Waals surface area contributed by atoms with Crippen LogP contribution in [0.4, 0.5) is 5.69 Å². The van der Waals surface area contributed by atoms with E-state index in [2.05, 4.69) is 58.5 Å². The van der Waals surface area contributed by atoms with Gasteiger partial charge in [-0.25, -0.2) is 0 Å².